The number of rotatable bonds is 5. The van der Waals surface area contributed by atoms with E-state index in [1.165, 1.54) is 0 Å². The minimum Gasteiger partial charge on any atom is -0.324 e. The summed E-state index contributed by atoms with van der Waals surface area (Å²) >= 11 is 0. The van der Waals surface area contributed by atoms with Crippen LogP contribution in [0.1, 0.15) is 24.1 Å². The first-order valence-electron chi connectivity index (χ1n) is 6.38. The fraction of sp³-hybridized carbons (Fsp3) is 0.200. The molecule has 0 radical (unpaired) electrons. The summed E-state index contributed by atoms with van der Waals surface area (Å²) < 4.78 is 26.9. The topological polar surface area (TPSA) is 72.2 Å². The van der Waals surface area contributed by atoms with Crippen LogP contribution in [0.5, 0.6) is 0 Å². The van der Waals surface area contributed by atoms with Crippen LogP contribution in [0.15, 0.2) is 59.5 Å². The molecule has 0 aliphatic carbocycles. The van der Waals surface area contributed by atoms with Crippen LogP contribution in [-0.4, -0.2) is 8.42 Å². The molecule has 106 valence electrons. The summed E-state index contributed by atoms with van der Waals surface area (Å²) in [6.07, 6.45) is 0. The van der Waals surface area contributed by atoms with Gasteiger partial charge in [0.15, 0.2) is 0 Å². The monoisotopic (exact) mass is 290 g/mol. The van der Waals surface area contributed by atoms with Crippen molar-refractivity contribution in [2.45, 2.75) is 24.4 Å². The van der Waals surface area contributed by atoms with Crippen molar-refractivity contribution in [3.8, 4) is 0 Å². The lowest BCUT2D eigenvalue weighted by atomic mass is 10.1. The van der Waals surface area contributed by atoms with Gasteiger partial charge in [-0.2, -0.15) is 0 Å². The van der Waals surface area contributed by atoms with Gasteiger partial charge in [0.1, 0.15) is 0 Å². The number of nitrogens with one attached hydrogen (secondary N) is 1. The minimum atomic E-state index is -3.49. The fourth-order valence-corrected chi connectivity index (χ4v) is 2.83. The molecule has 5 heteroatoms. The van der Waals surface area contributed by atoms with E-state index in [2.05, 4.69) is 4.72 Å². The van der Waals surface area contributed by atoms with E-state index in [-0.39, 0.29) is 17.5 Å². The van der Waals surface area contributed by atoms with Gasteiger partial charge in [0.25, 0.3) is 0 Å². The molecular formula is C15H18N2O2S. The molecule has 1 atom stereocenters. The van der Waals surface area contributed by atoms with Crippen LogP contribution in [0.3, 0.4) is 0 Å². The molecule has 2 aromatic carbocycles. The molecule has 0 heterocycles. The van der Waals surface area contributed by atoms with Crippen molar-refractivity contribution < 1.29 is 8.42 Å². The van der Waals surface area contributed by atoms with Gasteiger partial charge in [-0.25, -0.2) is 13.1 Å². The van der Waals surface area contributed by atoms with Crippen molar-refractivity contribution >= 4 is 10.0 Å². The summed E-state index contributed by atoms with van der Waals surface area (Å²) in [5, 5.41) is 0. The van der Waals surface area contributed by atoms with E-state index in [1.807, 2.05) is 37.3 Å². The molecular weight excluding hydrogens is 272 g/mol. The second-order valence-corrected chi connectivity index (χ2v) is 6.43. The Labute approximate surface area is 119 Å². The number of sulfonamides is 1. The first-order chi connectivity index (χ1) is 9.49. The Bertz CT molecular complexity index is 650. The molecule has 0 saturated heterocycles. The molecule has 0 aliphatic rings. The summed E-state index contributed by atoms with van der Waals surface area (Å²) in [7, 11) is -3.49. The normalized spacial score (nSPS) is 13.1. The third-order valence-electron chi connectivity index (χ3n) is 3.03. The molecule has 20 heavy (non-hydrogen) atoms. The molecule has 0 saturated carbocycles. The highest BCUT2D eigenvalue weighted by atomic mass is 32.2. The van der Waals surface area contributed by atoms with Gasteiger partial charge in [0, 0.05) is 12.6 Å². The van der Waals surface area contributed by atoms with E-state index in [9.17, 15) is 8.42 Å². The van der Waals surface area contributed by atoms with Gasteiger partial charge in [-0.15, -0.1) is 0 Å². The predicted molar refractivity (Wildman–Crippen MR) is 79.5 cm³/mol. The highest BCUT2D eigenvalue weighted by molar-refractivity contribution is 7.89. The lowest BCUT2D eigenvalue weighted by Gasteiger charge is -2.09. The fourth-order valence-electron chi connectivity index (χ4n) is 1.81. The zero-order valence-corrected chi connectivity index (χ0v) is 12.1. The van der Waals surface area contributed by atoms with Gasteiger partial charge in [0.2, 0.25) is 10.0 Å². The maximum absolute atomic E-state index is 12.1. The quantitative estimate of drug-likeness (QED) is 0.886. The Morgan fingerprint density at radius 2 is 1.65 bits per heavy atom. The molecule has 0 bridgehead atoms. The van der Waals surface area contributed by atoms with Gasteiger partial charge in [-0.05, 0) is 30.2 Å². The van der Waals surface area contributed by atoms with Gasteiger partial charge in [-0.3, -0.25) is 0 Å². The zero-order chi connectivity index (χ0) is 14.6. The SMILES string of the molecule is C[C@@H](N)c1ccc(S(=O)(=O)NCc2ccccc2)cc1. The van der Waals surface area contributed by atoms with Crippen LogP contribution >= 0.6 is 0 Å². The van der Waals surface area contributed by atoms with Crippen LogP contribution < -0.4 is 10.5 Å². The summed E-state index contributed by atoms with van der Waals surface area (Å²) in [4.78, 5) is 0.248. The van der Waals surface area contributed by atoms with Gasteiger partial charge >= 0.3 is 0 Å². The lowest BCUT2D eigenvalue weighted by molar-refractivity contribution is 0.581. The molecule has 4 nitrogen and oxygen atoms in total. The van der Waals surface area contributed by atoms with Gasteiger partial charge in [0.05, 0.1) is 4.90 Å². The van der Waals surface area contributed by atoms with Gasteiger partial charge in [-0.1, -0.05) is 42.5 Å². The summed E-state index contributed by atoms with van der Waals surface area (Å²) in [5.41, 5.74) is 7.57. The summed E-state index contributed by atoms with van der Waals surface area (Å²) in [5.74, 6) is 0. The third kappa shape index (κ3) is 3.66. The van der Waals surface area contributed by atoms with Crippen LogP contribution in [0, 0.1) is 0 Å². The predicted octanol–water partition coefficient (Wildman–Crippen LogP) is 2.18. The zero-order valence-electron chi connectivity index (χ0n) is 11.3. The molecule has 2 rings (SSSR count). The Morgan fingerprint density at radius 3 is 2.20 bits per heavy atom. The van der Waals surface area contributed by atoms with Gasteiger partial charge < -0.3 is 5.73 Å². The maximum Gasteiger partial charge on any atom is 0.240 e. The van der Waals surface area contributed by atoms with Crippen LogP contribution in [0.25, 0.3) is 0 Å². The van der Waals surface area contributed by atoms with Crippen molar-refractivity contribution in [1.82, 2.24) is 4.72 Å². The maximum atomic E-state index is 12.1. The minimum absolute atomic E-state index is 0.107. The lowest BCUT2D eigenvalue weighted by Crippen LogP contribution is -2.23. The van der Waals surface area contributed by atoms with Crippen molar-refractivity contribution in [2.24, 2.45) is 5.73 Å². The molecule has 0 aromatic heterocycles. The van der Waals surface area contributed by atoms with Crippen molar-refractivity contribution in [3.63, 3.8) is 0 Å². The molecule has 0 amide bonds. The number of hydrogen-bond donors (Lipinski definition) is 2. The molecule has 0 aliphatic heterocycles. The Kier molecular flexibility index (Phi) is 4.54. The number of benzene rings is 2. The van der Waals surface area contributed by atoms with Crippen LogP contribution in [0.4, 0.5) is 0 Å². The first-order valence-corrected chi connectivity index (χ1v) is 7.86. The average Bonchev–Trinajstić information content (AvgIpc) is 2.46. The van der Waals surface area contributed by atoms with E-state index in [0.717, 1.165) is 11.1 Å². The second kappa shape index (κ2) is 6.17. The van der Waals surface area contributed by atoms with Crippen molar-refractivity contribution in [1.29, 1.82) is 0 Å². The Balaban J connectivity index is 2.10. The van der Waals surface area contributed by atoms with E-state index in [4.69, 9.17) is 5.73 Å². The Morgan fingerprint density at radius 1 is 1.05 bits per heavy atom. The number of nitrogens with two attached hydrogens (primary N) is 1. The van der Waals surface area contributed by atoms with Crippen LogP contribution in [-0.2, 0) is 16.6 Å². The average molecular weight is 290 g/mol. The number of hydrogen-bond acceptors (Lipinski definition) is 3. The Hall–Kier alpha value is -1.69. The first kappa shape index (κ1) is 14.7. The van der Waals surface area contributed by atoms with E-state index in [0.29, 0.717) is 0 Å². The molecule has 2 aromatic rings. The van der Waals surface area contributed by atoms with Crippen molar-refractivity contribution in [2.75, 3.05) is 0 Å². The molecule has 0 unspecified atom stereocenters. The van der Waals surface area contributed by atoms with E-state index >= 15 is 0 Å². The molecule has 0 spiro atoms. The molecule has 3 N–H and O–H groups in total. The highest BCUT2D eigenvalue weighted by Gasteiger charge is 2.13. The smallest absolute Gasteiger partial charge is 0.240 e. The van der Waals surface area contributed by atoms with Crippen molar-refractivity contribution in [3.05, 3.63) is 65.7 Å². The summed E-state index contributed by atoms with van der Waals surface area (Å²) in [6, 6.07) is 15.9. The largest absolute Gasteiger partial charge is 0.324 e. The van der Waals surface area contributed by atoms with E-state index < -0.39 is 10.0 Å². The highest BCUT2D eigenvalue weighted by Crippen LogP contribution is 2.14. The van der Waals surface area contributed by atoms with E-state index in [1.54, 1.807) is 24.3 Å². The second-order valence-electron chi connectivity index (χ2n) is 4.67. The third-order valence-corrected chi connectivity index (χ3v) is 4.44. The molecule has 0 fully saturated rings. The summed E-state index contributed by atoms with van der Waals surface area (Å²) in [6.45, 7) is 2.13. The van der Waals surface area contributed by atoms with Crippen LogP contribution in [0.2, 0.25) is 0 Å². The standard InChI is InChI=1S/C15H18N2O2S/c1-12(16)14-7-9-15(10-8-14)20(18,19)17-11-13-5-3-2-4-6-13/h2-10,12,17H,11,16H2,1H3/t12-/m1/s1.